The second kappa shape index (κ2) is 8.20. The highest BCUT2D eigenvalue weighted by molar-refractivity contribution is 9.11. The Balaban J connectivity index is 2.08. The van der Waals surface area contributed by atoms with Crippen molar-refractivity contribution in [3.05, 3.63) is 56.5 Å². The Labute approximate surface area is 152 Å². The van der Waals surface area contributed by atoms with Crippen LogP contribution in [0.4, 0.5) is 8.78 Å². The van der Waals surface area contributed by atoms with Crippen LogP contribution in [0.5, 0.6) is 11.5 Å². The van der Waals surface area contributed by atoms with Gasteiger partial charge < -0.3 is 9.84 Å². The van der Waals surface area contributed by atoms with Gasteiger partial charge in [0.15, 0.2) is 0 Å². The van der Waals surface area contributed by atoms with E-state index in [1.165, 1.54) is 30.5 Å². The molecule has 0 unspecified atom stereocenters. The molecule has 0 heterocycles. The summed E-state index contributed by atoms with van der Waals surface area (Å²) < 4.78 is 29.7. The molecule has 0 saturated carbocycles. The summed E-state index contributed by atoms with van der Waals surface area (Å²) >= 11 is 6.44. The van der Waals surface area contributed by atoms with Gasteiger partial charge in [-0.2, -0.15) is 13.9 Å². The quantitative estimate of drug-likeness (QED) is 0.513. The molecule has 0 bridgehead atoms. The summed E-state index contributed by atoms with van der Waals surface area (Å²) in [6.45, 7) is -2.97. The zero-order valence-electron chi connectivity index (χ0n) is 11.8. The van der Waals surface area contributed by atoms with Crippen LogP contribution < -0.4 is 10.2 Å². The number of benzene rings is 2. The Bertz CT molecular complexity index is 785. The van der Waals surface area contributed by atoms with E-state index in [0.29, 0.717) is 14.5 Å². The minimum Gasteiger partial charge on any atom is -0.506 e. The predicted octanol–water partition coefficient (Wildman–Crippen LogP) is 4.28. The molecule has 2 N–H and O–H groups in total. The van der Waals surface area contributed by atoms with Crippen LogP contribution in [0.25, 0.3) is 0 Å². The van der Waals surface area contributed by atoms with E-state index in [9.17, 15) is 18.7 Å². The molecule has 2 rings (SSSR count). The maximum atomic E-state index is 12.2. The molecule has 1 amide bonds. The van der Waals surface area contributed by atoms with Crippen molar-refractivity contribution >= 4 is 44.0 Å². The average Bonchev–Trinajstić information content (AvgIpc) is 2.51. The highest BCUT2D eigenvalue weighted by Gasteiger charge is 2.09. The lowest BCUT2D eigenvalue weighted by Gasteiger charge is -2.06. The summed E-state index contributed by atoms with van der Waals surface area (Å²) in [7, 11) is 0. The number of alkyl halides is 2. The van der Waals surface area contributed by atoms with Crippen molar-refractivity contribution in [2.75, 3.05) is 0 Å². The molecule has 0 atom stereocenters. The SMILES string of the molecule is O=C(N/N=C\c1cc(Br)cc(Br)c1O)c1cccc(OC(F)F)c1. The van der Waals surface area contributed by atoms with Crippen LogP contribution in [-0.2, 0) is 0 Å². The lowest BCUT2D eigenvalue weighted by molar-refractivity contribution is -0.0498. The van der Waals surface area contributed by atoms with Crippen LogP contribution in [0.3, 0.4) is 0 Å². The topological polar surface area (TPSA) is 70.9 Å². The number of nitrogens with zero attached hydrogens (tertiary/aromatic N) is 1. The van der Waals surface area contributed by atoms with E-state index in [-0.39, 0.29) is 17.1 Å². The number of phenols is 1. The monoisotopic (exact) mass is 462 g/mol. The van der Waals surface area contributed by atoms with Gasteiger partial charge >= 0.3 is 6.61 Å². The summed E-state index contributed by atoms with van der Waals surface area (Å²) in [5.41, 5.74) is 2.71. The number of carbonyl (C=O) groups is 1. The van der Waals surface area contributed by atoms with Gasteiger partial charge in [0.1, 0.15) is 11.5 Å². The Morgan fingerprint density at radius 3 is 2.75 bits per heavy atom. The number of carbonyl (C=O) groups excluding carboxylic acids is 1. The van der Waals surface area contributed by atoms with Crippen LogP contribution in [0.2, 0.25) is 0 Å². The van der Waals surface area contributed by atoms with Gasteiger partial charge in [0, 0.05) is 15.6 Å². The summed E-state index contributed by atoms with van der Waals surface area (Å²) in [6.07, 6.45) is 1.25. The van der Waals surface area contributed by atoms with Crippen LogP contribution in [0.1, 0.15) is 15.9 Å². The van der Waals surface area contributed by atoms with E-state index in [0.717, 1.165) is 0 Å². The van der Waals surface area contributed by atoms with Crippen molar-refractivity contribution in [3.63, 3.8) is 0 Å². The van der Waals surface area contributed by atoms with Crippen LogP contribution in [0.15, 0.2) is 50.4 Å². The maximum absolute atomic E-state index is 12.2. The number of rotatable bonds is 5. The maximum Gasteiger partial charge on any atom is 0.387 e. The predicted molar refractivity (Wildman–Crippen MR) is 91.6 cm³/mol. The molecule has 0 aromatic heterocycles. The number of nitrogens with one attached hydrogen (secondary N) is 1. The van der Waals surface area contributed by atoms with E-state index in [2.05, 4.69) is 47.1 Å². The second-order valence-electron chi connectivity index (χ2n) is 4.43. The highest BCUT2D eigenvalue weighted by Crippen LogP contribution is 2.30. The first kappa shape index (κ1) is 18.3. The third kappa shape index (κ3) is 5.00. The van der Waals surface area contributed by atoms with Crippen molar-refractivity contribution in [3.8, 4) is 11.5 Å². The van der Waals surface area contributed by atoms with E-state index >= 15 is 0 Å². The van der Waals surface area contributed by atoms with Crippen molar-refractivity contribution < 1.29 is 23.4 Å². The van der Waals surface area contributed by atoms with Crippen molar-refractivity contribution in [1.29, 1.82) is 0 Å². The lowest BCUT2D eigenvalue weighted by atomic mass is 10.2. The summed E-state index contributed by atoms with van der Waals surface area (Å²) in [5.74, 6) is -0.779. The van der Waals surface area contributed by atoms with Gasteiger partial charge in [-0.25, -0.2) is 5.43 Å². The van der Waals surface area contributed by atoms with Gasteiger partial charge in [0.25, 0.3) is 5.91 Å². The largest absolute Gasteiger partial charge is 0.506 e. The van der Waals surface area contributed by atoms with Crippen molar-refractivity contribution in [1.82, 2.24) is 5.43 Å². The molecule has 0 saturated heterocycles. The number of hydrogen-bond donors (Lipinski definition) is 2. The zero-order valence-corrected chi connectivity index (χ0v) is 15.0. The number of hydrazone groups is 1. The molecule has 2 aromatic rings. The van der Waals surface area contributed by atoms with Crippen LogP contribution >= 0.6 is 31.9 Å². The summed E-state index contributed by atoms with van der Waals surface area (Å²) in [4.78, 5) is 11.9. The first-order valence-corrected chi connectivity index (χ1v) is 8.01. The van der Waals surface area contributed by atoms with Gasteiger partial charge in [-0.15, -0.1) is 0 Å². The Morgan fingerprint density at radius 1 is 1.29 bits per heavy atom. The van der Waals surface area contributed by atoms with Crippen LogP contribution in [-0.4, -0.2) is 23.8 Å². The Morgan fingerprint density at radius 2 is 2.04 bits per heavy atom. The number of halogens is 4. The third-order valence-electron chi connectivity index (χ3n) is 2.75. The van der Waals surface area contributed by atoms with E-state index < -0.39 is 12.5 Å². The lowest BCUT2D eigenvalue weighted by Crippen LogP contribution is -2.17. The minimum absolute atomic E-state index is 0.0384. The molecule has 0 spiro atoms. The number of amides is 1. The molecular formula is C15H10Br2F2N2O3. The van der Waals surface area contributed by atoms with Gasteiger partial charge in [-0.1, -0.05) is 22.0 Å². The van der Waals surface area contributed by atoms with Crippen molar-refractivity contribution in [2.45, 2.75) is 6.61 Å². The molecule has 9 heteroatoms. The average molecular weight is 464 g/mol. The minimum atomic E-state index is -2.97. The molecule has 0 aliphatic carbocycles. The van der Waals surface area contributed by atoms with Gasteiger partial charge in [0.05, 0.1) is 10.7 Å². The number of hydrogen-bond acceptors (Lipinski definition) is 4. The number of ether oxygens (including phenoxy) is 1. The first-order valence-electron chi connectivity index (χ1n) is 6.43. The molecule has 24 heavy (non-hydrogen) atoms. The van der Waals surface area contributed by atoms with Crippen molar-refractivity contribution in [2.24, 2.45) is 5.10 Å². The Kier molecular flexibility index (Phi) is 6.27. The molecule has 2 aromatic carbocycles. The van der Waals surface area contributed by atoms with E-state index in [4.69, 9.17) is 0 Å². The zero-order chi connectivity index (χ0) is 17.7. The molecule has 0 aliphatic rings. The van der Waals surface area contributed by atoms with E-state index in [1.807, 2.05) is 0 Å². The van der Waals surface area contributed by atoms with E-state index in [1.54, 1.807) is 12.1 Å². The summed E-state index contributed by atoms with van der Waals surface area (Å²) in [5, 5.41) is 13.6. The second-order valence-corrected chi connectivity index (χ2v) is 6.20. The molecular weight excluding hydrogens is 454 g/mol. The fourth-order valence-electron chi connectivity index (χ4n) is 1.72. The summed E-state index contributed by atoms with van der Waals surface area (Å²) in [6, 6.07) is 8.57. The first-order chi connectivity index (χ1) is 11.4. The number of phenolic OH excluding ortho intramolecular Hbond substituents is 1. The molecule has 126 valence electrons. The van der Waals surface area contributed by atoms with Gasteiger partial charge in [-0.3, -0.25) is 4.79 Å². The fraction of sp³-hybridized carbons (Fsp3) is 0.0667. The molecule has 0 radical (unpaired) electrons. The molecule has 0 fully saturated rings. The third-order valence-corrected chi connectivity index (χ3v) is 3.81. The Hall–Kier alpha value is -2.00. The fourth-order valence-corrected chi connectivity index (χ4v) is 2.98. The highest BCUT2D eigenvalue weighted by atomic mass is 79.9. The van der Waals surface area contributed by atoms with Gasteiger partial charge in [-0.05, 0) is 46.3 Å². The molecule has 0 aliphatic heterocycles. The normalized spacial score (nSPS) is 11.0. The standard InChI is InChI=1S/C15H10Br2F2N2O3/c16-10-4-9(13(22)12(17)6-10)7-20-21-14(23)8-2-1-3-11(5-8)24-15(18)19/h1-7,15,22H,(H,21,23)/b20-7-. The smallest absolute Gasteiger partial charge is 0.387 e. The van der Waals surface area contributed by atoms with Gasteiger partial charge in [0.2, 0.25) is 0 Å². The van der Waals surface area contributed by atoms with Crippen LogP contribution in [0, 0.1) is 0 Å². The number of aromatic hydroxyl groups is 1. The molecule has 5 nitrogen and oxygen atoms in total.